The number of nitrogens with zero attached hydrogens (tertiary/aromatic N) is 1. The van der Waals surface area contributed by atoms with Crippen molar-refractivity contribution in [1.29, 1.82) is 0 Å². The Hall–Kier alpha value is -2.34. The second-order valence-corrected chi connectivity index (χ2v) is 5.75. The lowest BCUT2D eigenvalue weighted by atomic mass is 10.0. The van der Waals surface area contributed by atoms with Gasteiger partial charge in [-0.15, -0.1) is 0 Å². The molecule has 0 saturated carbocycles. The first-order chi connectivity index (χ1) is 11.1. The molecule has 0 saturated heterocycles. The van der Waals surface area contributed by atoms with Crippen molar-refractivity contribution in [1.82, 2.24) is 9.97 Å². The molecule has 0 unspecified atom stereocenters. The number of rotatable bonds is 1. The molecule has 119 valence electrons. The summed E-state index contributed by atoms with van der Waals surface area (Å²) in [6.07, 6.45) is 4.80. The molecule has 23 heavy (non-hydrogen) atoms. The van der Waals surface area contributed by atoms with E-state index in [2.05, 4.69) is 15.3 Å². The second kappa shape index (κ2) is 6.42. The summed E-state index contributed by atoms with van der Waals surface area (Å²) in [6.45, 7) is 0. The molecular weight excluding hydrogens is 316 g/mol. The number of benzene rings is 1. The van der Waals surface area contributed by atoms with Gasteiger partial charge in [0, 0.05) is 18.4 Å². The second-order valence-electron chi connectivity index (χ2n) is 5.38. The van der Waals surface area contributed by atoms with E-state index >= 15 is 0 Å². The molecule has 4 N–H and O–H groups in total. The van der Waals surface area contributed by atoms with E-state index in [0.717, 1.165) is 19.3 Å². The van der Waals surface area contributed by atoms with Gasteiger partial charge in [0.05, 0.1) is 11.3 Å². The molecule has 0 aliphatic carbocycles. The normalized spacial score (nSPS) is 15.1. The molecule has 2 heterocycles. The number of H-pyrrole nitrogens is 1. The minimum Gasteiger partial charge on any atom is -0.366 e. The van der Waals surface area contributed by atoms with Crippen LogP contribution in [0.2, 0.25) is 5.15 Å². The van der Waals surface area contributed by atoms with Crippen molar-refractivity contribution in [2.45, 2.75) is 25.7 Å². The van der Waals surface area contributed by atoms with Gasteiger partial charge in [0.15, 0.2) is 0 Å². The lowest BCUT2D eigenvalue weighted by Crippen LogP contribution is -2.16. The number of anilines is 1. The molecule has 0 atom stereocenters. The van der Waals surface area contributed by atoms with Crippen LogP contribution in [0.3, 0.4) is 0 Å². The number of nitrogens with two attached hydrogens (primary N) is 1. The lowest BCUT2D eigenvalue weighted by Gasteiger charge is -2.13. The minimum atomic E-state index is -0.604. The van der Waals surface area contributed by atoms with Gasteiger partial charge in [-0.3, -0.25) is 9.59 Å². The average Bonchev–Trinajstić information content (AvgIpc) is 2.86. The molecule has 0 fully saturated rings. The number of carbonyl (C=O) groups excluding carboxylic acids is 2. The van der Waals surface area contributed by atoms with Gasteiger partial charge >= 0.3 is 0 Å². The third kappa shape index (κ3) is 3.22. The van der Waals surface area contributed by atoms with Crippen molar-refractivity contribution in [3.63, 3.8) is 0 Å². The van der Waals surface area contributed by atoms with Crippen molar-refractivity contribution in [3.05, 3.63) is 41.2 Å². The predicted octanol–water partition coefficient (Wildman–Crippen LogP) is 2.89. The highest BCUT2D eigenvalue weighted by Crippen LogP contribution is 2.35. The smallest absolute Gasteiger partial charge is 0.249 e. The molecule has 1 aliphatic heterocycles. The molecular formula is C16H16ClN4O2. The lowest BCUT2D eigenvalue weighted by molar-refractivity contribution is -0.116. The molecule has 1 radical (unpaired) electrons. The first-order valence-electron chi connectivity index (χ1n) is 7.38. The fourth-order valence-electron chi connectivity index (χ4n) is 2.63. The third-order valence-electron chi connectivity index (χ3n) is 3.71. The van der Waals surface area contributed by atoms with Crippen molar-refractivity contribution >= 4 is 29.1 Å². The number of amides is 2. The van der Waals surface area contributed by atoms with Crippen LogP contribution < -0.4 is 11.1 Å². The van der Waals surface area contributed by atoms with Crippen LogP contribution in [0.5, 0.6) is 0 Å². The number of aromatic amines is 1. The van der Waals surface area contributed by atoms with Crippen LogP contribution in [0, 0.1) is 6.42 Å². The van der Waals surface area contributed by atoms with Gasteiger partial charge in [-0.1, -0.05) is 24.1 Å². The summed E-state index contributed by atoms with van der Waals surface area (Å²) in [6, 6.07) is 4.96. The Morgan fingerprint density at radius 1 is 1.30 bits per heavy atom. The molecule has 2 aromatic rings. The summed E-state index contributed by atoms with van der Waals surface area (Å²) in [5.74, 6) is -0.0739. The van der Waals surface area contributed by atoms with Crippen LogP contribution >= 0.6 is 11.6 Å². The number of aromatic nitrogens is 2. The molecule has 2 bridgehead atoms. The SMILES string of the molecule is NC(=O)c1cccc2c1-c1nc([nH]c1Cl)[CH]CCCCC(=O)N2. The molecule has 1 aromatic heterocycles. The van der Waals surface area contributed by atoms with Crippen LogP contribution in [0.4, 0.5) is 5.69 Å². The van der Waals surface area contributed by atoms with Crippen LogP contribution in [0.15, 0.2) is 18.2 Å². The third-order valence-corrected chi connectivity index (χ3v) is 3.99. The Labute approximate surface area is 138 Å². The van der Waals surface area contributed by atoms with E-state index in [1.807, 2.05) is 6.42 Å². The molecule has 7 heteroatoms. The molecule has 0 spiro atoms. The van der Waals surface area contributed by atoms with Crippen molar-refractivity contribution in [2.75, 3.05) is 5.32 Å². The van der Waals surface area contributed by atoms with Gasteiger partial charge in [0.2, 0.25) is 11.8 Å². The molecule has 1 aliphatic rings. The first kappa shape index (κ1) is 15.6. The standard InChI is InChI=1S/C16H16ClN4O2/c17-15-14-13-9(16(18)23)5-4-6-10(13)19-12(22)8-3-1-2-7-11(20-14)21-15/h4-7H,1-3,8H2,(H2,18,23)(H,19,22)(H,20,21). The summed E-state index contributed by atoms with van der Waals surface area (Å²) in [5.41, 5.74) is 7.06. The number of hydrogen-bond acceptors (Lipinski definition) is 3. The van der Waals surface area contributed by atoms with Crippen molar-refractivity contribution < 1.29 is 9.59 Å². The van der Waals surface area contributed by atoms with Crippen molar-refractivity contribution in [2.24, 2.45) is 5.73 Å². The van der Waals surface area contributed by atoms with Gasteiger partial charge in [0.1, 0.15) is 16.7 Å². The summed E-state index contributed by atoms with van der Waals surface area (Å²) in [7, 11) is 0. The van der Waals surface area contributed by atoms with Gasteiger partial charge in [-0.05, 0) is 25.0 Å². The van der Waals surface area contributed by atoms with E-state index in [1.54, 1.807) is 18.2 Å². The largest absolute Gasteiger partial charge is 0.366 e. The van der Waals surface area contributed by atoms with Crippen LogP contribution in [0.1, 0.15) is 41.9 Å². The number of carbonyl (C=O) groups is 2. The van der Waals surface area contributed by atoms with Gasteiger partial charge in [0.25, 0.3) is 0 Å². The minimum absolute atomic E-state index is 0.111. The Morgan fingerprint density at radius 2 is 2.13 bits per heavy atom. The highest BCUT2D eigenvalue weighted by molar-refractivity contribution is 6.32. The molecule has 3 rings (SSSR count). The average molecular weight is 332 g/mol. The fraction of sp³-hybridized carbons (Fsp3) is 0.250. The quantitative estimate of drug-likeness (QED) is 0.748. The number of imidazole rings is 1. The number of hydrogen-bond donors (Lipinski definition) is 3. The van der Waals surface area contributed by atoms with E-state index in [1.165, 1.54) is 0 Å². The highest BCUT2D eigenvalue weighted by Gasteiger charge is 2.22. The Bertz CT molecular complexity index is 769. The van der Waals surface area contributed by atoms with E-state index in [4.69, 9.17) is 17.3 Å². The molecule has 6 nitrogen and oxygen atoms in total. The van der Waals surface area contributed by atoms with Crippen LogP contribution in [-0.4, -0.2) is 21.8 Å². The summed E-state index contributed by atoms with van der Waals surface area (Å²) in [4.78, 5) is 31.3. The van der Waals surface area contributed by atoms with Crippen LogP contribution in [-0.2, 0) is 4.79 Å². The first-order valence-corrected chi connectivity index (χ1v) is 7.76. The summed E-state index contributed by atoms with van der Waals surface area (Å²) in [5, 5.41) is 3.14. The number of nitrogens with one attached hydrogen (secondary N) is 2. The Morgan fingerprint density at radius 3 is 2.91 bits per heavy atom. The van der Waals surface area contributed by atoms with Gasteiger partial charge in [-0.2, -0.15) is 0 Å². The van der Waals surface area contributed by atoms with Gasteiger partial charge in [-0.25, -0.2) is 4.98 Å². The maximum Gasteiger partial charge on any atom is 0.249 e. The number of primary amides is 1. The topological polar surface area (TPSA) is 101 Å². The zero-order chi connectivity index (χ0) is 16.4. The number of fused-ring (bicyclic) bond motifs is 4. The number of halogens is 1. The zero-order valence-corrected chi connectivity index (χ0v) is 13.1. The Balaban J connectivity index is 2.20. The van der Waals surface area contributed by atoms with E-state index in [9.17, 15) is 9.59 Å². The maximum atomic E-state index is 12.1. The monoisotopic (exact) mass is 331 g/mol. The highest BCUT2D eigenvalue weighted by atomic mass is 35.5. The zero-order valence-electron chi connectivity index (χ0n) is 12.4. The summed E-state index contributed by atoms with van der Waals surface area (Å²) < 4.78 is 0. The molecule has 2 amide bonds. The van der Waals surface area contributed by atoms with E-state index in [-0.39, 0.29) is 11.5 Å². The molecule has 1 aromatic carbocycles. The fourth-order valence-corrected chi connectivity index (χ4v) is 2.86. The van der Waals surface area contributed by atoms with E-state index < -0.39 is 5.91 Å². The van der Waals surface area contributed by atoms with Crippen LogP contribution in [0.25, 0.3) is 11.3 Å². The van der Waals surface area contributed by atoms with Gasteiger partial charge < -0.3 is 16.0 Å². The van der Waals surface area contributed by atoms with E-state index in [0.29, 0.717) is 34.3 Å². The van der Waals surface area contributed by atoms with Crippen molar-refractivity contribution in [3.8, 4) is 11.3 Å². The Kier molecular flexibility index (Phi) is 4.34. The summed E-state index contributed by atoms with van der Waals surface area (Å²) >= 11 is 6.26. The predicted molar refractivity (Wildman–Crippen MR) is 88.1 cm³/mol. The maximum absolute atomic E-state index is 12.1.